The number of ether oxygens (including phenoxy) is 1. The lowest BCUT2D eigenvalue weighted by Crippen LogP contribution is -2.30. The van der Waals surface area contributed by atoms with Crippen LogP contribution in [-0.2, 0) is 4.74 Å². The van der Waals surface area contributed by atoms with Crippen LogP contribution >= 0.6 is 11.3 Å². The molecule has 1 amide bonds. The van der Waals surface area contributed by atoms with Crippen LogP contribution in [0.25, 0.3) is 10.2 Å². The van der Waals surface area contributed by atoms with E-state index in [1.54, 1.807) is 13.8 Å². The summed E-state index contributed by atoms with van der Waals surface area (Å²) in [5, 5.41) is 11.4. The first-order valence-electron chi connectivity index (χ1n) is 8.14. The minimum absolute atomic E-state index is 0.112. The van der Waals surface area contributed by atoms with Gasteiger partial charge in [0, 0.05) is 17.7 Å². The molecule has 0 spiro atoms. The molecule has 0 atom stereocenters. The third kappa shape index (κ3) is 3.74. The molecule has 10 nitrogen and oxygen atoms in total. The number of hydrogen-bond donors (Lipinski definition) is 2. The Morgan fingerprint density at radius 2 is 2.11 bits per heavy atom. The maximum Gasteiger partial charge on any atom is 0.348 e. The molecule has 144 valence electrons. The number of nitrogens with zero attached hydrogens (tertiary/aromatic N) is 3. The number of amides is 1. The number of thiophene rings is 1. The number of hydrogen-bond acceptors (Lipinski definition) is 9. The molecule has 2 aromatic heterocycles. The number of aromatic nitrogens is 2. The number of carbonyl (C=O) groups excluding carboxylic acids is 2. The smallest absolute Gasteiger partial charge is 0.348 e. The van der Waals surface area contributed by atoms with Crippen molar-refractivity contribution in [3.63, 3.8) is 0 Å². The van der Waals surface area contributed by atoms with Crippen molar-refractivity contribution < 1.29 is 19.2 Å². The number of rotatable bonds is 6. The molecule has 3 rings (SSSR count). The Labute approximate surface area is 162 Å². The number of esters is 1. The van der Waals surface area contributed by atoms with E-state index < -0.39 is 16.8 Å². The largest absolute Gasteiger partial charge is 0.462 e. The van der Waals surface area contributed by atoms with Crippen LogP contribution in [0.1, 0.15) is 32.5 Å². The van der Waals surface area contributed by atoms with Crippen LogP contribution in [-0.4, -0.2) is 33.4 Å². The summed E-state index contributed by atoms with van der Waals surface area (Å²) in [5.74, 6) is -0.725. The second-order valence-corrected chi connectivity index (χ2v) is 6.56. The number of aryl methyl sites for hydroxylation is 1. The molecule has 0 aliphatic carbocycles. The van der Waals surface area contributed by atoms with Gasteiger partial charge in [0.25, 0.3) is 11.6 Å². The fourth-order valence-electron chi connectivity index (χ4n) is 2.51. The van der Waals surface area contributed by atoms with Gasteiger partial charge >= 0.3 is 5.97 Å². The number of nitrogens with one attached hydrogen (secondary N) is 2. The summed E-state index contributed by atoms with van der Waals surface area (Å²) in [6.45, 7) is 3.71. The van der Waals surface area contributed by atoms with Gasteiger partial charge in [0.1, 0.15) is 16.0 Å². The average Bonchev–Trinajstić information content (AvgIpc) is 3.04. The van der Waals surface area contributed by atoms with Crippen LogP contribution in [0, 0.1) is 17.0 Å². The van der Waals surface area contributed by atoms with E-state index in [0.29, 0.717) is 26.5 Å². The molecule has 0 bridgehead atoms. The van der Waals surface area contributed by atoms with Crippen molar-refractivity contribution in [2.45, 2.75) is 13.8 Å². The lowest BCUT2D eigenvalue weighted by molar-refractivity contribution is -0.384. The second kappa shape index (κ2) is 7.96. The SMILES string of the molecule is CCOC(=O)c1sc2ncnc(NNC(=O)c3cccc([N+](=O)[O-])c3)c2c1C. The highest BCUT2D eigenvalue weighted by Gasteiger charge is 2.20. The molecule has 2 N–H and O–H groups in total. The molecular formula is C17H15N5O5S. The Morgan fingerprint density at radius 1 is 1.32 bits per heavy atom. The van der Waals surface area contributed by atoms with Gasteiger partial charge in [-0.25, -0.2) is 14.8 Å². The zero-order chi connectivity index (χ0) is 20.3. The van der Waals surface area contributed by atoms with Crippen molar-refractivity contribution in [2.75, 3.05) is 12.0 Å². The van der Waals surface area contributed by atoms with Gasteiger partial charge in [-0.05, 0) is 25.5 Å². The number of fused-ring (bicyclic) bond motifs is 1. The summed E-state index contributed by atoms with van der Waals surface area (Å²) in [7, 11) is 0. The van der Waals surface area contributed by atoms with Gasteiger partial charge in [0.2, 0.25) is 0 Å². The van der Waals surface area contributed by atoms with Crippen LogP contribution < -0.4 is 10.9 Å². The maximum atomic E-state index is 12.3. The van der Waals surface area contributed by atoms with Gasteiger partial charge in [-0.2, -0.15) is 0 Å². The Balaban J connectivity index is 1.85. The van der Waals surface area contributed by atoms with Gasteiger partial charge in [-0.3, -0.25) is 25.8 Å². The summed E-state index contributed by atoms with van der Waals surface area (Å²) >= 11 is 1.17. The molecule has 0 aliphatic heterocycles. The van der Waals surface area contributed by atoms with Crippen molar-refractivity contribution >= 4 is 44.9 Å². The number of benzene rings is 1. The number of nitro groups is 1. The topological polar surface area (TPSA) is 136 Å². The lowest BCUT2D eigenvalue weighted by atomic mass is 10.2. The molecule has 0 saturated heterocycles. The normalized spacial score (nSPS) is 10.5. The van der Waals surface area contributed by atoms with E-state index in [-0.39, 0.29) is 17.9 Å². The summed E-state index contributed by atoms with van der Waals surface area (Å²) in [4.78, 5) is 43.9. The quantitative estimate of drug-likeness (QED) is 0.365. The molecule has 2 heterocycles. The first-order chi connectivity index (χ1) is 13.4. The van der Waals surface area contributed by atoms with Gasteiger partial charge in [0.15, 0.2) is 5.82 Å². The highest BCUT2D eigenvalue weighted by molar-refractivity contribution is 7.20. The highest BCUT2D eigenvalue weighted by atomic mass is 32.1. The van der Waals surface area contributed by atoms with E-state index in [0.717, 1.165) is 0 Å². The third-order valence-corrected chi connectivity index (χ3v) is 4.98. The molecule has 0 fully saturated rings. The van der Waals surface area contributed by atoms with Crippen molar-refractivity contribution in [2.24, 2.45) is 0 Å². The summed E-state index contributed by atoms with van der Waals surface area (Å²) in [6.07, 6.45) is 1.30. The van der Waals surface area contributed by atoms with Crippen LogP contribution in [0.5, 0.6) is 0 Å². The van der Waals surface area contributed by atoms with Crippen molar-refractivity contribution in [3.05, 3.63) is 56.7 Å². The number of nitro benzene ring substituents is 1. The molecule has 0 unspecified atom stereocenters. The molecule has 0 radical (unpaired) electrons. The predicted molar refractivity (Wildman–Crippen MR) is 102 cm³/mol. The van der Waals surface area contributed by atoms with Crippen LogP contribution in [0.3, 0.4) is 0 Å². The minimum Gasteiger partial charge on any atom is -0.462 e. The Bertz CT molecular complexity index is 1080. The van der Waals surface area contributed by atoms with E-state index in [4.69, 9.17) is 4.74 Å². The van der Waals surface area contributed by atoms with Crippen LogP contribution in [0.15, 0.2) is 30.6 Å². The van der Waals surface area contributed by atoms with Crippen molar-refractivity contribution in [1.82, 2.24) is 15.4 Å². The summed E-state index contributed by atoms with van der Waals surface area (Å²) in [6, 6.07) is 5.34. The monoisotopic (exact) mass is 401 g/mol. The third-order valence-electron chi connectivity index (χ3n) is 3.80. The first-order valence-corrected chi connectivity index (χ1v) is 8.96. The Morgan fingerprint density at radius 3 is 2.82 bits per heavy atom. The zero-order valence-corrected chi connectivity index (χ0v) is 15.7. The Kier molecular flexibility index (Phi) is 5.45. The van der Waals surface area contributed by atoms with Gasteiger partial charge in [-0.1, -0.05) is 6.07 Å². The second-order valence-electron chi connectivity index (χ2n) is 5.57. The fraction of sp³-hybridized carbons (Fsp3) is 0.176. The minimum atomic E-state index is -0.580. The highest BCUT2D eigenvalue weighted by Crippen LogP contribution is 2.33. The molecule has 11 heteroatoms. The molecule has 3 aromatic rings. The van der Waals surface area contributed by atoms with E-state index in [1.807, 2.05) is 0 Å². The molecule has 0 saturated carbocycles. The maximum absolute atomic E-state index is 12.3. The average molecular weight is 401 g/mol. The van der Waals surface area contributed by atoms with Gasteiger partial charge in [-0.15, -0.1) is 11.3 Å². The number of anilines is 1. The molecular weight excluding hydrogens is 386 g/mol. The van der Waals surface area contributed by atoms with Crippen molar-refractivity contribution in [3.8, 4) is 0 Å². The fourth-order valence-corrected chi connectivity index (χ4v) is 3.55. The number of hydrazine groups is 1. The summed E-state index contributed by atoms with van der Waals surface area (Å²) < 4.78 is 5.04. The number of carbonyl (C=O) groups is 2. The zero-order valence-electron chi connectivity index (χ0n) is 14.9. The lowest BCUT2D eigenvalue weighted by Gasteiger charge is -2.09. The predicted octanol–water partition coefficient (Wildman–Crippen LogP) is 2.84. The molecule has 1 aromatic carbocycles. The van der Waals surface area contributed by atoms with E-state index in [9.17, 15) is 19.7 Å². The van der Waals surface area contributed by atoms with E-state index in [1.165, 1.54) is 41.9 Å². The first kappa shape index (κ1) is 19.2. The van der Waals surface area contributed by atoms with Gasteiger partial charge in [0.05, 0.1) is 16.9 Å². The Hall–Kier alpha value is -3.60. The molecule has 28 heavy (non-hydrogen) atoms. The van der Waals surface area contributed by atoms with E-state index >= 15 is 0 Å². The standard InChI is InChI=1S/C17H15N5O5S/c1-3-27-17(24)13-9(2)12-14(18-8-19-16(12)28-13)20-21-15(23)10-5-4-6-11(7-10)22(25)26/h4-8H,3H2,1-2H3,(H,21,23)(H,18,19,20). The molecule has 0 aliphatic rings. The number of non-ortho nitro benzene ring substituents is 1. The summed E-state index contributed by atoms with van der Waals surface area (Å²) in [5.41, 5.74) is 5.70. The van der Waals surface area contributed by atoms with E-state index in [2.05, 4.69) is 20.8 Å². The van der Waals surface area contributed by atoms with Crippen LogP contribution in [0.2, 0.25) is 0 Å². The van der Waals surface area contributed by atoms with Crippen molar-refractivity contribution in [1.29, 1.82) is 0 Å². The van der Waals surface area contributed by atoms with Gasteiger partial charge < -0.3 is 4.74 Å². The van der Waals surface area contributed by atoms with Crippen LogP contribution in [0.4, 0.5) is 11.5 Å².